The summed E-state index contributed by atoms with van der Waals surface area (Å²) in [7, 11) is 0. The number of carbonyl (C=O) groups is 3. The molecule has 2 amide bonds. The standard InChI is InChI=1S/C25H30N2O5/c1-15(2)13-21(22(28)29)26-23(30)25(3,4)27-24(31)32-14-20-18-11-7-5-9-16(18)17-10-6-8-12-19(17)20/h5-12,15,20-21H,13-14H2,1-4H3,(H,26,30)(H,27,31)(H,28,29). The molecule has 7 nitrogen and oxygen atoms in total. The van der Waals surface area contributed by atoms with Gasteiger partial charge in [0.1, 0.15) is 18.2 Å². The van der Waals surface area contributed by atoms with Gasteiger partial charge in [0.2, 0.25) is 5.91 Å². The second-order valence-electron chi connectivity index (χ2n) is 9.07. The Labute approximate surface area is 188 Å². The molecule has 0 bridgehead atoms. The number of ether oxygens (including phenoxy) is 1. The monoisotopic (exact) mass is 438 g/mol. The van der Waals surface area contributed by atoms with Gasteiger partial charge in [-0.25, -0.2) is 9.59 Å². The molecule has 1 atom stereocenters. The Morgan fingerprint density at radius 2 is 1.53 bits per heavy atom. The molecule has 0 saturated carbocycles. The first kappa shape index (κ1) is 23.3. The van der Waals surface area contributed by atoms with E-state index in [2.05, 4.69) is 22.8 Å². The van der Waals surface area contributed by atoms with Gasteiger partial charge in [-0.15, -0.1) is 0 Å². The Bertz CT molecular complexity index is 969. The highest BCUT2D eigenvalue weighted by atomic mass is 16.5. The molecule has 3 N–H and O–H groups in total. The van der Waals surface area contributed by atoms with Crippen LogP contribution in [0.1, 0.15) is 51.2 Å². The molecule has 1 aliphatic carbocycles. The lowest BCUT2D eigenvalue weighted by atomic mass is 9.98. The highest BCUT2D eigenvalue weighted by Gasteiger charge is 2.34. The maximum Gasteiger partial charge on any atom is 0.408 e. The first-order valence-corrected chi connectivity index (χ1v) is 10.8. The van der Waals surface area contributed by atoms with E-state index >= 15 is 0 Å². The molecule has 1 unspecified atom stereocenters. The summed E-state index contributed by atoms with van der Waals surface area (Å²) >= 11 is 0. The van der Waals surface area contributed by atoms with E-state index in [1.165, 1.54) is 13.8 Å². The zero-order chi connectivity index (χ0) is 23.5. The average molecular weight is 439 g/mol. The Morgan fingerprint density at radius 3 is 2.03 bits per heavy atom. The molecule has 0 spiro atoms. The minimum Gasteiger partial charge on any atom is -0.480 e. The van der Waals surface area contributed by atoms with Crippen molar-refractivity contribution >= 4 is 18.0 Å². The predicted molar refractivity (Wildman–Crippen MR) is 121 cm³/mol. The first-order chi connectivity index (χ1) is 15.1. The van der Waals surface area contributed by atoms with Gasteiger partial charge in [-0.05, 0) is 48.4 Å². The SMILES string of the molecule is CC(C)CC(NC(=O)C(C)(C)NC(=O)OCC1c2ccccc2-c2ccccc21)C(=O)O. The number of nitrogens with one attached hydrogen (secondary N) is 2. The molecular formula is C25H30N2O5. The van der Waals surface area contributed by atoms with Gasteiger partial charge in [-0.3, -0.25) is 4.79 Å². The fraction of sp³-hybridized carbons (Fsp3) is 0.400. The number of alkyl carbamates (subject to hydrolysis) is 1. The van der Waals surface area contributed by atoms with Crippen molar-refractivity contribution in [3.8, 4) is 11.1 Å². The van der Waals surface area contributed by atoms with Gasteiger partial charge in [0, 0.05) is 5.92 Å². The summed E-state index contributed by atoms with van der Waals surface area (Å²) < 4.78 is 5.50. The van der Waals surface area contributed by atoms with Crippen molar-refractivity contribution in [2.45, 2.75) is 51.6 Å². The van der Waals surface area contributed by atoms with Crippen molar-refractivity contribution in [3.63, 3.8) is 0 Å². The zero-order valence-corrected chi connectivity index (χ0v) is 18.8. The minimum absolute atomic E-state index is 0.0903. The number of benzene rings is 2. The van der Waals surface area contributed by atoms with E-state index in [0.29, 0.717) is 6.42 Å². The lowest BCUT2D eigenvalue weighted by molar-refractivity contribution is -0.143. The van der Waals surface area contributed by atoms with Crippen molar-refractivity contribution in [1.82, 2.24) is 10.6 Å². The third-order valence-corrected chi connectivity index (χ3v) is 5.64. The van der Waals surface area contributed by atoms with Gasteiger partial charge in [0.05, 0.1) is 0 Å². The van der Waals surface area contributed by atoms with Crippen LogP contribution in [-0.2, 0) is 14.3 Å². The van der Waals surface area contributed by atoms with E-state index in [1.807, 2.05) is 50.2 Å². The molecule has 3 rings (SSSR count). The largest absolute Gasteiger partial charge is 0.480 e. The summed E-state index contributed by atoms with van der Waals surface area (Å²) in [5, 5.41) is 14.4. The predicted octanol–water partition coefficient (Wildman–Crippen LogP) is 3.92. The maximum atomic E-state index is 12.6. The topological polar surface area (TPSA) is 105 Å². The van der Waals surface area contributed by atoms with Crippen LogP contribution in [0, 0.1) is 5.92 Å². The first-order valence-electron chi connectivity index (χ1n) is 10.8. The van der Waals surface area contributed by atoms with Crippen LogP contribution >= 0.6 is 0 Å². The van der Waals surface area contributed by atoms with E-state index in [4.69, 9.17) is 4.74 Å². The smallest absolute Gasteiger partial charge is 0.408 e. The molecular weight excluding hydrogens is 408 g/mol. The van der Waals surface area contributed by atoms with Gasteiger partial charge >= 0.3 is 12.1 Å². The summed E-state index contributed by atoms with van der Waals surface area (Å²) in [6.07, 6.45) is -0.440. The van der Waals surface area contributed by atoms with Gasteiger partial charge < -0.3 is 20.5 Å². The van der Waals surface area contributed by atoms with Gasteiger partial charge in [-0.2, -0.15) is 0 Å². The molecule has 0 aliphatic heterocycles. The quantitative estimate of drug-likeness (QED) is 0.579. The number of hydrogen-bond donors (Lipinski definition) is 3. The molecule has 0 heterocycles. The number of carboxylic acids is 1. The van der Waals surface area contributed by atoms with Crippen molar-refractivity contribution in [1.29, 1.82) is 0 Å². The lowest BCUT2D eigenvalue weighted by Gasteiger charge is -2.27. The fourth-order valence-corrected chi connectivity index (χ4v) is 3.98. The molecule has 7 heteroatoms. The Kier molecular flexibility index (Phi) is 6.87. The summed E-state index contributed by atoms with van der Waals surface area (Å²) in [5.74, 6) is -1.69. The minimum atomic E-state index is -1.34. The van der Waals surface area contributed by atoms with Gasteiger partial charge in [-0.1, -0.05) is 62.4 Å². The van der Waals surface area contributed by atoms with Crippen LogP contribution in [-0.4, -0.2) is 41.3 Å². The average Bonchev–Trinajstić information content (AvgIpc) is 3.05. The van der Waals surface area contributed by atoms with E-state index in [0.717, 1.165) is 22.3 Å². The number of amides is 2. The summed E-state index contributed by atoms with van der Waals surface area (Å²) in [4.78, 5) is 36.6. The van der Waals surface area contributed by atoms with E-state index in [1.54, 1.807) is 0 Å². The molecule has 170 valence electrons. The fourth-order valence-electron chi connectivity index (χ4n) is 3.98. The van der Waals surface area contributed by atoms with Crippen LogP contribution in [0.5, 0.6) is 0 Å². The van der Waals surface area contributed by atoms with Crippen molar-refractivity contribution < 1.29 is 24.2 Å². The summed E-state index contributed by atoms with van der Waals surface area (Å²) in [6.45, 7) is 6.91. The Hall–Kier alpha value is -3.35. The third kappa shape index (κ3) is 5.10. The number of carboxylic acid groups (broad SMARTS) is 1. The van der Waals surface area contributed by atoms with Crippen LogP contribution in [0.15, 0.2) is 48.5 Å². The van der Waals surface area contributed by atoms with Crippen LogP contribution < -0.4 is 10.6 Å². The molecule has 0 fully saturated rings. The Balaban J connectivity index is 1.63. The second kappa shape index (κ2) is 9.42. The van der Waals surface area contributed by atoms with Crippen LogP contribution in [0.2, 0.25) is 0 Å². The summed E-state index contributed by atoms with van der Waals surface area (Å²) in [6, 6.07) is 15.0. The van der Waals surface area contributed by atoms with Crippen molar-refractivity contribution in [2.75, 3.05) is 6.61 Å². The molecule has 0 aromatic heterocycles. The molecule has 32 heavy (non-hydrogen) atoms. The molecule has 1 aliphatic rings. The number of rotatable bonds is 8. The van der Waals surface area contributed by atoms with E-state index in [-0.39, 0.29) is 18.4 Å². The van der Waals surface area contributed by atoms with Crippen molar-refractivity contribution in [3.05, 3.63) is 59.7 Å². The van der Waals surface area contributed by atoms with Crippen LogP contribution in [0.3, 0.4) is 0 Å². The van der Waals surface area contributed by atoms with E-state index in [9.17, 15) is 19.5 Å². The zero-order valence-electron chi connectivity index (χ0n) is 18.8. The highest BCUT2D eigenvalue weighted by Crippen LogP contribution is 2.44. The van der Waals surface area contributed by atoms with E-state index < -0.39 is 29.6 Å². The number of carbonyl (C=O) groups excluding carboxylic acids is 2. The highest BCUT2D eigenvalue weighted by molar-refractivity contribution is 5.92. The third-order valence-electron chi connectivity index (χ3n) is 5.64. The second-order valence-corrected chi connectivity index (χ2v) is 9.07. The van der Waals surface area contributed by atoms with Crippen LogP contribution in [0.25, 0.3) is 11.1 Å². The van der Waals surface area contributed by atoms with Crippen LogP contribution in [0.4, 0.5) is 4.79 Å². The molecule has 2 aromatic carbocycles. The lowest BCUT2D eigenvalue weighted by Crippen LogP contribution is -2.58. The molecule has 0 saturated heterocycles. The molecule has 0 radical (unpaired) electrons. The molecule has 2 aromatic rings. The summed E-state index contributed by atoms with van der Waals surface area (Å²) in [5.41, 5.74) is 3.10. The Morgan fingerprint density at radius 1 is 1.00 bits per heavy atom. The number of hydrogen-bond acceptors (Lipinski definition) is 4. The van der Waals surface area contributed by atoms with Crippen molar-refractivity contribution in [2.24, 2.45) is 5.92 Å². The van der Waals surface area contributed by atoms with Gasteiger partial charge in [0.15, 0.2) is 0 Å². The normalized spacial score (nSPS) is 13.8. The maximum absolute atomic E-state index is 12.6. The van der Waals surface area contributed by atoms with Gasteiger partial charge in [0.25, 0.3) is 0 Å². The number of fused-ring (bicyclic) bond motifs is 3. The number of aliphatic carboxylic acids is 1.